The second-order valence-electron chi connectivity index (χ2n) is 10.6. The molecule has 0 amide bonds. The number of rotatable bonds is 6. The van der Waals surface area contributed by atoms with Crippen LogP contribution in [0.1, 0.15) is 23.6 Å². The Morgan fingerprint density at radius 2 is 1.68 bits per heavy atom. The van der Waals surface area contributed by atoms with Crippen molar-refractivity contribution in [3.8, 4) is 0 Å². The van der Waals surface area contributed by atoms with Gasteiger partial charge in [0.05, 0.1) is 29.4 Å². The molecule has 3 aromatic rings. The third-order valence-corrected chi connectivity index (χ3v) is 7.54. The summed E-state index contributed by atoms with van der Waals surface area (Å²) in [5, 5.41) is 11.4. The maximum absolute atomic E-state index is 14.7. The van der Waals surface area contributed by atoms with Crippen LogP contribution in [0.3, 0.4) is 0 Å². The average Bonchev–Trinajstić information content (AvgIpc) is 2.97. The molecule has 2 saturated heterocycles. The SMILES string of the molecule is CC(N)=NC(=Nc1cc(Cl)ccc1C(F)(F)F)C1OC2COC2C(N=CC(=C(N)c2ccccc2F)c2cc(F)c(F)c(F)c2)C1O. The van der Waals surface area contributed by atoms with Crippen LogP contribution in [0.2, 0.25) is 5.02 Å². The van der Waals surface area contributed by atoms with E-state index in [4.69, 9.17) is 32.5 Å². The number of hydrogen-bond donors (Lipinski definition) is 3. The van der Waals surface area contributed by atoms with E-state index in [1.54, 1.807) is 0 Å². The zero-order valence-electron chi connectivity index (χ0n) is 24.2. The molecule has 5 unspecified atom stereocenters. The van der Waals surface area contributed by atoms with Crippen LogP contribution in [0.25, 0.3) is 11.3 Å². The molecule has 0 saturated carbocycles. The van der Waals surface area contributed by atoms with Crippen molar-refractivity contribution in [2.75, 3.05) is 6.61 Å². The summed E-state index contributed by atoms with van der Waals surface area (Å²) in [6, 6.07) is 7.94. The molecule has 0 aromatic heterocycles. The summed E-state index contributed by atoms with van der Waals surface area (Å²) < 4.78 is 110. The van der Waals surface area contributed by atoms with E-state index in [9.17, 15) is 35.8 Å². The molecule has 0 radical (unpaired) electrons. The summed E-state index contributed by atoms with van der Waals surface area (Å²) in [6.07, 6.45) is -8.73. The maximum atomic E-state index is 14.7. The number of nitrogens with two attached hydrogens (primary N) is 2. The minimum Gasteiger partial charge on any atom is -0.398 e. The highest BCUT2D eigenvalue weighted by Gasteiger charge is 2.52. The number of halogens is 8. The number of aliphatic hydroxyl groups excluding tert-OH is 1. The van der Waals surface area contributed by atoms with Gasteiger partial charge in [-0.2, -0.15) is 13.2 Å². The number of aliphatic imine (C=N–C) groups is 3. The molecule has 2 aliphatic rings. The van der Waals surface area contributed by atoms with Crippen LogP contribution in [-0.4, -0.2) is 60.1 Å². The standard InChI is InChI=1S/C31H25ClF7N5O3/c1-13(40)43-30(44-22-10-15(32)6-7-18(22)31(37,38)39)29-27(45)26(28-23(47-29)12-46-28)42-11-17(14-8-20(34)24(36)21(35)9-14)25(41)16-4-2-3-5-19(16)33/h2-11,23,26-29,45H,12,41H2,1H3,(H2,40,43,44). The predicted molar refractivity (Wildman–Crippen MR) is 161 cm³/mol. The van der Waals surface area contributed by atoms with Crippen LogP contribution in [-0.2, 0) is 15.7 Å². The average molecular weight is 684 g/mol. The Hall–Kier alpha value is -4.31. The molecule has 8 nitrogen and oxygen atoms in total. The Balaban J connectivity index is 1.60. The van der Waals surface area contributed by atoms with Gasteiger partial charge in [0, 0.05) is 22.4 Å². The number of fused-ring (bicyclic) bond motifs is 1. The van der Waals surface area contributed by atoms with Crippen LogP contribution >= 0.6 is 11.6 Å². The van der Waals surface area contributed by atoms with E-state index >= 15 is 0 Å². The molecule has 0 spiro atoms. The summed E-state index contributed by atoms with van der Waals surface area (Å²) in [5.41, 5.74) is 9.14. The van der Waals surface area contributed by atoms with Gasteiger partial charge in [-0.25, -0.2) is 27.5 Å². The van der Waals surface area contributed by atoms with Crippen molar-refractivity contribution in [2.45, 2.75) is 43.6 Å². The van der Waals surface area contributed by atoms with E-state index in [0.717, 1.165) is 30.5 Å². The monoisotopic (exact) mass is 683 g/mol. The molecule has 2 fully saturated rings. The number of nitrogens with zero attached hydrogens (tertiary/aromatic N) is 3. The zero-order valence-corrected chi connectivity index (χ0v) is 24.9. The van der Waals surface area contributed by atoms with E-state index in [2.05, 4.69) is 15.0 Å². The van der Waals surface area contributed by atoms with Gasteiger partial charge in [-0.05, 0) is 55.0 Å². The van der Waals surface area contributed by atoms with Gasteiger partial charge in [0.2, 0.25) is 0 Å². The van der Waals surface area contributed by atoms with Gasteiger partial charge in [-0.3, -0.25) is 4.99 Å². The fourth-order valence-electron chi connectivity index (χ4n) is 5.04. The van der Waals surface area contributed by atoms with Gasteiger partial charge in [0.25, 0.3) is 0 Å². The largest absolute Gasteiger partial charge is 0.418 e. The number of ether oxygens (including phenoxy) is 2. The highest BCUT2D eigenvalue weighted by molar-refractivity contribution is 6.30. The first-order valence-corrected chi connectivity index (χ1v) is 14.2. The van der Waals surface area contributed by atoms with Gasteiger partial charge in [-0.15, -0.1) is 0 Å². The molecule has 5 atom stereocenters. The Morgan fingerprint density at radius 3 is 2.28 bits per heavy atom. The summed E-state index contributed by atoms with van der Waals surface area (Å²) in [4.78, 5) is 12.4. The molecular weight excluding hydrogens is 659 g/mol. The van der Waals surface area contributed by atoms with Crippen LogP contribution in [0.5, 0.6) is 0 Å². The van der Waals surface area contributed by atoms with E-state index in [-0.39, 0.29) is 39.9 Å². The highest BCUT2D eigenvalue weighted by atomic mass is 35.5. The third kappa shape index (κ3) is 7.17. The number of hydrogen-bond acceptors (Lipinski definition) is 6. The minimum absolute atomic E-state index is 0.00206. The van der Waals surface area contributed by atoms with Crippen LogP contribution in [0, 0.1) is 23.3 Å². The number of aliphatic hydroxyl groups is 1. The predicted octanol–water partition coefficient (Wildman–Crippen LogP) is 5.82. The van der Waals surface area contributed by atoms with Crippen molar-refractivity contribution in [3.63, 3.8) is 0 Å². The van der Waals surface area contributed by atoms with Crippen molar-refractivity contribution in [2.24, 2.45) is 26.4 Å². The molecule has 47 heavy (non-hydrogen) atoms. The van der Waals surface area contributed by atoms with E-state index in [1.807, 2.05) is 0 Å². The maximum Gasteiger partial charge on any atom is 0.418 e. The number of allylic oxidation sites excluding steroid dienone is 1. The van der Waals surface area contributed by atoms with Crippen molar-refractivity contribution < 1.29 is 45.3 Å². The molecule has 3 aromatic carbocycles. The fraction of sp³-hybridized carbons (Fsp3) is 0.258. The lowest BCUT2D eigenvalue weighted by Crippen LogP contribution is -2.66. The van der Waals surface area contributed by atoms with Crippen molar-refractivity contribution in [1.82, 2.24) is 0 Å². The van der Waals surface area contributed by atoms with Crippen LogP contribution in [0.15, 0.2) is 69.6 Å². The molecule has 248 valence electrons. The quantitative estimate of drug-likeness (QED) is 0.0993. The lowest BCUT2D eigenvalue weighted by Gasteiger charge is -2.48. The molecule has 16 heteroatoms. The van der Waals surface area contributed by atoms with Gasteiger partial charge in [0.1, 0.15) is 36.3 Å². The second-order valence-corrected chi connectivity index (χ2v) is 11.0. The first kappa shape index (κ1) is 34.0. The molecule has 5 rings (SSSR count). The van der Waals surface area contributed by atoms with E-state index < -0.39 is 77.0 Å². The zero-order chi connectivity index (χ0) is 34.2. The minimum atomic E-state index is -4.83. The van der Waals surface area contributed by atoms with E-state index in [1.165, 1.54) is 25.1 Å². The number of amidine groups is 2. The summed E-state index contributed by atoms with van der Waals surface area (Å²) in [7, 11) is 0. The third-order valence-electron chi connectivity index (χ3n) is 7.31. The molecular formula is C31H25ClF7N5O3. The smallest absolute Gasteiger partial charge is 0.398 e. The Morgan fingerprint density at radius 1 is 1.00 bits per heavy atom. The normalized spacial score (nSPS) is 24.2. The molecule has 2 aliphatic heterocycles. The fourth-order valence-corrected chi connectivity index (χ4v) is 5.21. The van der Waals surface area contributed by atoms with Gasteiger partial charge in [0.15, 0.2) is 23.3 Å². The molecule has 0 bridgehead atoms. The van der Waals surface area contributed by atoms with Crippen molar-refractivity contribution in [1.29, 1.82) is 0 Å². The Labute approximate surface area is 267 Å². The molecule has 5 N–H and O–H groups in total. The van der Waals surface area contributed by atoms with Gasteiger partial charge in [-0.1, -0.05) is 23.7 Å². The second kappa shape index (κ2) is 13.4. The number of alkyl halides is 3. The van der Waals surface area contributed by atoms with Crippen molar-refractivity contribution >= 4 is 46.4 Å². The lowest BCUT2D eigenvalue weighted by atomic mass is 9.89. The molecule has 0 aliphatic carbocycles. The lowest BCUT2D eigenvalue weighted by molar-refractivity contribution is -0.255. The van der Waals surface area contributed by atoms with Crippen LogP contribution in [0.4, 0.5) is 36.4 Å². The van der Waals surface area contributed by atoms with Crippen molar-refractivity contribution in [3.05, 3.63) is 99.6 Å². The summed E-state index contributed by atoms with van der Waals surface area (Å²) in [6.45, 7) is 1.33. The van der Waals surface area contributed by atoms with Gasteiger partial charge < -0.3 is 26.0 Å². The first-order valence-electron chi connectivity index (χ1n) is 13.8. The topological polar surface area (TPSA) is 128 Å². The van der Waals surface area contributed by atoms with Gasteiger partial charge >= 0.3 is 6.18 Å². The first-order chi connectivity index (χ1) is 22.1. The summed E-state index contributed by atoms with van der Waals surface area (Å²) in [5.74, 6) is -6.24. The van der Waals surface area contributed by atoms with Crippen LogP contribution < -0.4 is 11.5 Å². The Bertz CT molecular complexity index is 1790. The number of benzene rings is 3. The Kier molecular flexibility index (Phi) is 9.73. The summed E-state index contributed by atoms with van der Waals surface area (Å²) >= 11 is 5.96. The van der Waals surface area contributed by atoms with E-state index in [0.29, 0.717) is 12.1 Å². The molecule has 2 heterocycles. The highest BCUT2D eigenvalue weighted by Crippen LogP contribution is 2.39.